The van der Waals surface area contributed by atoms with Gasteiger partial charge in [-0.1, -0.05) is 13.8 Å². The Balaban J connectivity index is 2.93. The van der Waals surface area contributed by atoms with E-state index in [1.165, 1.54) is 0 Å². The van der Waals surface area contributed by atoms with Crippen LogP contribution in [0.1, 0.15) is 32.4 Å². The van der Waals surface area contributed by atoms with Gasteiger partial charge in [-0.2, -0.15) is 0 Å². The molecule has 0 saturated heterocycles. The van der Waals surface area contributed by atoms with Crippen molar-refractivity contribution < 1.29 is 14.6 Å². The predicted octanol–water partition coefficient (Wildman–Crippen LogP) is 2.37. The lowest BCUT2D eigenvalue weighted by atomic mass is 10.0. The minimum Gasteiger partial charge on any atom is -0.497 e. The Hall–Kier alpha value is -1.26. The molecule has 4 heteroatoms. The molecule has 0 heterocycles. The summed E-state index contributed by atoms with van der Waals surface area (Å²) in [4.78, 5) is 0. The largest absolute Gasteiger partial charge is 0.497 e. The number of aliphatic hydroxyl groups excluding tert-OH is 1. The van der Waals surface area contributed by atoms with Gasteiger partial charge in [0.25, 0.3) is 0 Å². The number of benzene rings is 1. The quantitative estimate of drug-likeness (QED) is 0.796. The number of methoxy groups -OCH3 is 2. The van der Waals surface area contributed by atoms with Gasteiger partial charge in [0.15, 0.2) is 0 Å². The lowest BCUT2D eigenvalue weighted by Crippen LogP contribution is -2.38. The summed E-state index contributed by atoms with van der Waals surface area (Å²) in [5.74, 6) is 1.99. The molecular weight excluding hydrogens is 242 g/mol. The Morgan fingerprint density at radius 2 is 1.84 bits per heavy atom. The molecule has 0 aliphatic heterocycles. The lowest BCUT2D eigenvalue weighted by molar-refractivity contribution is 0.200. The first-order valence-corrected chi connectivity index (χ1v) is 6.62. The third kappa shape index (κ3) is 4.11. The molecule has 0 bridgehead atoms. The Kier molecular flexibility index (Phi) is 6.12. The van der Waals surface area contributed by atoms with E-state index in [1.807, 2.05) is 18.2 Å². The van der Waals surface area contributed by atoms with Gasteiger partial charge in [-0.25, -0.2) is 0 Å². The summed E-state index contributed by atoms with van der Waals surface area (Å²) in [6, 6.07) is 5.87. The summed E-state index contributed by atoms with van der Waals surface area (Å²) >= 11 is 0. The van der Waals surface area contributed by atoms with Crippen molar-refractivity contribution in [3.05, 3.63) is 23.8 Å². The van der Waals surface area contributed by atoms with Gasteiger partial charge >= 0.3 is 0 Å². The first-order valence-electron chi connectivity index (χ1n) is 6.62. The maximum atomic E-state index is 9.40. The molecule has 0 aliphatic carbocycles. The third-order valence-electron chi connectivity index (χ3n) is 3.37. The van der Waals surface area contributed by atoms with Crippen molar-refractivity contribution in [2.75, 3.05) is 20.8 Å². The number of hydrogen-bond acceptors (Lipinski definition) is 4. The molecule has 0 spiro atoms. The van der Waals surface area contributed by atoms with Gasteiger partial charge in [-0.15, -0.1) is 0 Å². The van der Waals surface area contributed by atoms with Gasteiger partial charge in [0.1, 0.15) is 11.5 Å². The standard InChI is InChI=1S/C15H25NO3/c1-10(2)14(9-17)16-11(3)13-8-12(18-4)6-7-15(13)19-5/h6-8,10-11,14,16-17H,9H2,1-5H3. The first kappa shape index (κ1) is 15.8. The van der Waals surface area contributed by atoms with E-state index in [4.69, 9.17) is 9.47 Å². The second-order valence-corrected chi connectivity index (χ2v) is 5.03. The average molecular weight is 267 g/mol. The van der Waals surface area contributed by atoms with Crippen LogP contribution in [0.4, 0.5) is 0 Å². The summed E-state index contributed by atoms with van der Waals surface area (Å²) < 4.78 is 10.6. The van der Waals surface area contributed by atoms with Crippen molar-refractivity contribution in [2.45, 2.75) is 32.9 Å². The van der Waals surface area contributed by atoms with Gasteiger partial charge in [-0.05, 0) is 31.0 Å². The van der Waals surface area contributed by atoms with Crippen LogP contribution in [0.5, 0.6) is 11.5 Å². The highest BCUT2D eigenvalue weighted by Gasteiger charge is 2.18. The van der Waals surface area contributed by atoms with Gasteiger partial charge < -0.3 is 19.9 Å². The van der Waals surface area contributed by atoms with Crippen molar-refractivity contribution in [3.63, 3.8) is 0 Å². The van der Waals surface area contributed by atoms with Gasteiger partial charge in [-0.3, -0.25) is 0 Å². The van der Waals surface area contributed by atoms with E-state index < -0.39 is 0 Å². The Morgan fingerprint density at radius 3 is 2.32 bits per heavy atom. The molecule has 1 aromatic carbocycles. The maximum absolute atomic E-state index is 9.40. The molecule has 4 nitrogen and oxygen atoms in total. The molecule has 19 heavy (non-hydrogen) atoms. The molecule has 0 amide bonds. The summed E-state index contributed by atoms with van der Waals surface area (Å²) in [5.41, 5.74) is 1.03. The molecule has 1 rings (SSSR count). The third-order valence-corrected chi connectivity index (χ3v) is 3.37. The molecule has 108 valence electrons. The van der Waals surface area contributed by atoms with Crippen LogP contribution in [0.15, 0.2) is 18.2 Å². The fraction of sp³-hybridized carbons (Fsp3) is 0.600. The van der Waals surface area contributed by atoms with Crippen LogP contribution in [0.2, 0.25) is 0 Å². The number of hydrogen-bond donors (Lipinski definition) is 2. The molecule has 2 N–H and O–H groups in total. The summed E-state index contributed by atoms with van der Waals surface area (Å²) in [6.07, 6.45) is 0. The molecule has 0 fully saturated rings. The van der Waals surface area contributed by atoms with E-state index in [2.05, 4.69) is 26.1 Å². The van der Waals surface area contributed by atoms with Crippen molar-refractivity contribution in [2.24, 2.45) is 5.92 Å². The van der Waals surface area contributed by atoms with Crippen molar-refractivity contribution in [1.82, 2.24) is 5.32 Å². The molecule has 2 atom stereocenters. The molecular formula is C15H25NO3. The van der Waals surface area contributed by atoms with E-state index in [0.29, 0.717) is 5.92 Å². The highest BCUT2D eigenvalue weighted by atomic mass is 16.5. The van der Waals surface area contributed by atoms with E-state index in [9.17, 15) is 5.11 Å². The Labute approximate surface area is 115 Å². The fourth-order valence-electron chi connectivity index (χ4n) is 2.04. The lowest BCUT2D eigenvalue weighted by Gasteiger charge is -2.26. The first-order chi connectivity index (χ1) is 9.03. The zero-order chi connectivity index (χ0) is 14.4. The smallest absolute Gasteiger partial charge is 0.123 e. The van der Waals surface area contributed by atoms with E-state index in [0.717, 1.165) is 17.1 Å². The van der Waals surface area contributed by atoms with Crippen molar-refractivity contribution in [1.29, 1.82) is 0 Å². The minimum absolute atomic E-state index is 0.0610. The highest BCUT2D eigenvalue weighted by molar-refractivity contribution is 5.42. The number of nitrogens with one attached hydrogen (secondary N) is 1. The van der Waals surface area contributed by atoms with Gasteiger partial charge in [0, 0.05) is 17.6 Å². The maximum Gasteiger partial charge on any atom is 0.123 e. The van der Waals surface area contributed by atoms with Crippen molar-refractivity contribution >= 4 is 0 Å². The van der Waals surface area contributed by atoms with Crippen LogP contribution in [0.25, 0.3) is 0 Å². The normalized spacial score (nSPS) is 14.3. The summed E-state index contributed by atoms with van der Waals surface area (Å²) in [5, 5.41) is 12.8. The topological polar surface area (TPSA) is 50.7 Å². The fourth-order valence-corrected chi connectivity index (χ4v) is 2.04. The Morgan fingerprint density at radius 1 is 1.16 bits per heavy atom. The number of rotatable bonds is 7. The van der Waals surface area contributed by atoms with Crippen LogP contribution < -0.4 is 14.8 Å². The van der Waals surface area contributed by atoms with Crippen LogP contribution in [0, 0.1) is 5.92 Å². The summed E-state index contributed by atoms with van der Waals surface area (Å²) in [6.45, 7) is 6.35. The highest BCUT2D eigenvalue weighted by Crippen LogP contribution is 2.29. The van der Waals surface area contributed by atoms with Crippen LogP contribution in [0.3, 0.4) is 0 Å². The average Bonchev–Trinajstić information content (AvgIpc) is 2.43. The second-order valence-electron chi connectivity index (χ2n) is 5.03. The van der Waals surface area contributed by atoms with Crippen LogP contribution >= 0.6 is 0 Å². The second kappa shape index (κ2) is 7.36. The molecule has 2 unspecified atom stereocenters. The zero-order valence-electron chi connectivity index (χ0n) is 12.4. The molecule has 1 aromatic rings. The SMILES string of the molecule is COc1ccc(OC)c(C(C)NC(CO)C(C)C)c1. The molecule has 0 aromatic heterocycles. The van der Waals surface area contributed by atoms with Gasteiger partial charge in [0.05, 0.1) is 20.8 Å². The number of aliphatic hydroxyl groups is 1. The Bertz CT molecular complexity index is 393. The van der Waals surface area contributed by atoms with Crippen LogP contribution in [-0.2, 0) is 0 Å². The minimum atomic E-state index is 0.0610. The molecule has 0 aliphatic rings. The van der Waals surface area contributed by atoms with Crippen LogP contribution in [-0.4, -0.2) is 32.0 Å². The van der Waals surface area contributed by atoms with E-state index >= 15 is 0 Å². The van der Waals surface area contributed by atoms with E-state index in [1.54, 1.807) is 14.2 Å². The number of ether oxygens (including phenoxy) is 2. The molecule has 0 radical (unpaired) electrons. The monoisotopic (exact) mass is 267 g/mol. The van der Waals surface area contributed by atoms with Crippen molar-refractivity contribution in [3.8, 4) is 11.5 Å². The zero-order valence-corrected chi connectivity index (χ0v) is 12.4. The predicted molar refractivity (Wildman–Crippen MR) is 76.8 cm³/mol. The summed E-state index contributed by atoms with van der Waals surface area (Å²) in [7, 11) is 3.30. The van der Waals surface area contributed by atoms with E-state index in [-0.39, 0.29) is 18.7 Å². The van der Waals surface area contributed by atoms with Gasteiger partial charge in [0.2, 0.25) is 0 Å². The molecule has 0 saturated carbocycles.